The summed E-state index contributed by atoms with van der Waals surface area (Å²) in [4.78, 5) is 4.41. The number of aryl methyl sites for hydroxylation is 1. The van der Waals surface area contributed by atoms with Crippen LogP contribution >= 0.6 is 0 Å². The molecule has 0 aliphatic heterocycles. The summed E-state index contributed by atoms with van der Waals surface area (Å²) < 4.78 is 11.1. The lowest BCUT2D eigenvalue weighted by Gasteiger charge is -2.16. The second kappa shape index (κ2) is 9.52. The van der Waals surface area contributed by atoms with E-state index in [9.17, 15) is 0 Å². The zero-order chi connectivity index (χ0) is 20.9. The van der Waals surface area contributed by atoms with Crippen LogP contribution in [0.1, 0.15) is 34.6 Å². The number of fused-ring (bicyclic) bond motifs is 3. The van der Waals surface area contributed by atoms with Crippen LogP contribution in [0.15, 0.2) is 47.5 Å². The largest absolute Gasteiger partial charge is 0.493 e. The normalized spacial score (nSPS) is 21.7. The number of benzene rings is 2. The van der Waals surface area contributed by atoms with Gasteiger partial charge in [0.15, 0.2) is 5.96 Å². The Kier molecular flexibility index (Phi) is 6.58. The molecule has 3 atom stereocenters. The summed E-state index contributed by atoms with van der Waals surface area (Å²) in [5.74, 6) is 4.03. The summed E-state index contributed by atoms with van der Waals surface area (Å²) in [6, 6.07) is 15.3. The van der Waals surface area contributed by atoms with Crippen molar-refractivity contribution in [2.24, 2.45) is 16.8 Å². The Morgan fingerprint density at radius 3 is 2.83 bits per heavy atom. The third kappa shape index (κ3) is 4.62. The third-order valence-corrected chi connectivity index (χ3v) is 6.35. The van der Waals surface area contributed by atoms with E-state index in [1.54, 1.807) is 18.2 Å². The third-order valence-electron chi connectivity index (χ3n) is 6.35. The van der Waals surface area contributed by atoms with Crippen LogP contribution in [-0.2, 0) is 17.7 Å². The van der Waals surface area contributed by atoms with Crippen LogP contribution in [0.3, 0.4) is 0 Å². The zero-order valence-corrected chi connectivity index (χ0v) is 18.3. The van der Waals surface area contributed by atoms with Gasteiger partial charge in [0.25, 0.3) is 0 Å². The van der Waals surface area contributed by atoms with Crippen molar-refractivity contribution in [1.82, 2.24) is 10.6 Å². The van der Waals surface area contributed by atoms with Crippen molar-refractivity contribution in [3.8, 4) is 5.75 Å². The Morgan fingerprint density at radius 1 is 1.13 bits per heavy atom. The van der Waals surface area contributed by atoms with Gasteiger partial charge < -0.3 is 20.1 Å². The Morgan fingerprint density at radius 2 is 2.00 bits per heavy atom. The smallest absolute Gasteiger partial charge is 0.191 e. The van der Waals surface area contributed by atoms with Crippen LogP contribution in [0, 0.1) is 18.8 Å². The van der Waals surface area contributed by atoms with Crippen molar-refractivity contribution in [3.63, 3.8) is 0 Å². The van der Waals surface area contributed by atoms with Crippen LogP contribution < -0.4 is 15.4 Å². The molecule has 0 bridgehead atoms. The fourth-order valence-electron chi connectivity index (χ4n) is 4.70. The Bertz CT molecular complexity index is 896. The number of nitrogens with zero attached hydrogens (tertiary/aromatic N) is 1. The van der Waals surface area contributed by atoms with Crippen molar-refractivity contribution in [1.29, 1.82) is 0 Å². The Hall–Kier alpha value is -2.53. The number of ether oxygens (including phenoxy) is 2. The molecule has 3 unspecified atom stereocenters. The molecule has 1 saturated carbocycles. The number of nitrogens with one attached hydrogen (secondary N) is 2. The molecular weight excluding hydrogens is 374 g/mol. The highest BCUT2D eigenvalue weighted by Gasteiger charge is 2.54. The minimum atomic E-state index is 0.656. The predicted octanol–water partition coefficient (Wildman–Crippen LogP) is 3.66. The Labute approximate surface area is 179 Å². The Balaban J connectivity index is 1.27. The van der Waals surface area contributed by atoms with E-state index >= 15 is 0 Å². The van der Waals surface area contributed by atoms with Gasteiger partial charge in [-0.25, -0.2) is 0 Å². The maximum absolute atomic E-state index is 6.00. The fourth-order valence-corrected chi connectivity index (χ4v) is 4.70. The van der Waals surface area contributed by atoms with Crippen molar-refractivity contribution < 1.29 is 9.47 Å². The lowest BCUT2D eigenvalue weighted by molar-refractivity contribution is 0.171. The number of rotatable bonds is 9. The molecule has 1 fully saturated rings. The molecule has 0 radical (unpaired) electrons. The van der Waals surface area contributed by atoms with Gasteiger partial charge >= 0.3 is 0 Å². The van der Waals surface area contributed by atoms with Crippen molar-refractivity contribution in [2.75, 3.05) is 33.9 Å². The maximum atomic E-state index is 6.00. The molecule has 0 heterocycles. The highest BCUT2D eigenvalue weighted by Crippen LogP contribution is 2.60. The quantitative estimate of drug-likeness (QED) is 0.378. The van der Waals surface area contributed by atoms with Gasteiger partial charge in [-0.05, 0) is 53.9 Å². The summed E-state index contributed by atoms with van der Waals surface area (Å²) in [5, 5.41) is 6.98. The van der Waals surface area contributed by atoms with Gasteiger partial charge in [0, 0.05) is 45.8 Å². The van der Waals surface area contributed by atoms with Gasteiger partial charge in [-0.15, -0.1) is 0 Å². The highest BCUT2D eigenvalue weighted by atomic mass is 16.5. The first-order valence-electron chi connectivity index (χ1n) is 10.9. The molecule has 2 aromatic carbocycles. The first kappa shape index (κ1) is 20.7. The van der Waals surface area contributed by atoms with Crippen LogP contribution in [0.2, 0.25) is 0 Å². The van der Waals surface area contributed by atoms with Gasteiger partial charge in [0.2, 0.25) is 0 Å². The van der Waals surface area contributed by atoms with E-state index in [-0.39, 0.29) is 0 Å². The van der Waals surface area contributed by atoms with Gasteiger partial charge in [0.05, 0.1) is 6.61 Å². The van der Waals surface area contributed by atoms with Crippen LogP contribution in [0.5, 0.6) is 5.75 Å². The van der Waals surface area contributed by atoms with Crippen molar-refractivity contribution in [3.05, 3.63) is 64.7 Å². The number of hydrogen-bond donors (Lipinski definition) is 2. The molecular formula is C25H33N3O2. The zero-order valence-electron chi connectivity index (χ0n) is 18.3. The lowest BCUT2D eigenvalue weighted by Crippen LogP contribution is -2.38. The summed E-state index contributed by atoms with van der Waals surface area (Å²) in [6.45, 7) is 5.11. The molecule has 30 heavy (non-hydrogen) atoms. The first-order chi connectivity index (χ1) is 14.7. The topological polar surface area (TPSA) is 54.9 Å². The van der Waals surface area contributed by atoms with E-state index in [1.165, 1.54) is 12.0 Å². The van der Waals surface area contributed by atoms with Crippen molar-refractivity contribution in [2.45, 2.75) is 32.2 Å². The van der Waals surface area contributed by atoms with Crippen LogP contribution in [0.25, 0.3) is 0 Å². The lowest BCUT2D eigenvalue weighted by atomic mass is 10.0. The molecule has 2 aliphatic rings. The monoisotopic (exact) mass is 407 g/mol. The molecule has 5 heteroatoms. The molecule has 2 aliphatic carbocycles. The van der Waals surface area contributed by atoms with E-state index in [4.69, 9.17) is 9.47 Å². The summed E-state index contributed by atoms with van der Waals surface area (Å²) in [5.41, 5.74) is 5.44. The first-order valence-corrected chi connectivity index (χ1v) is 10.9. The summed E-state index contributed by atoms with van der Waals surface area (Å²) >= 11 is 0. The molecule has 2 N–H and O–H groups in total. The molecule has 2 aromatic rings. The predicted molar refractivity (Wildman–Crippen MR) is 121 cm³/mol. The summed E-state index contributed by atoms with van der Waals surface area (Å²) in [6.07, 6.45) is 2.11. The standard InChI is InChI=1S/C25H33N3O2/c1-17-9-10-19(23(13-17)30-12-6-11-29-3)15-27-25(26-2)28-16-22-21-14-18-7-4-5-8-20(18)24(21)22/h4-5,7-10,13,21-22,24H,6,11-12,14-16H2,1-3H3,(H2,26,27,28). The van der Waals surface area contributed by atoms with Crippen molar-refractivity contribution >= 4 is 5.96 Å². The van der Waals surface area contributed by atoms with Crippen LogP contribution in [-0.4, -0.2) is 39.9 Å². The highest BCUT2D eigenvalue weighted by molar-refractivity contribution is 5.79. The van der Waals surface area contributed by atoms with E-state index in [0.29, 0.717) is 19.8 Å². The number of aliphatic imine (C=N–C) groups is 1. The second-order valence-electron chi connectivity index (χ2n) is 8.37. The molecule has 4 rings (SSSR count). The average Bonchev–Trinajstić information content (AvgIpc) is 3.29. The van der Waals surface area contributed by atoms with E-state index in [0.717, 1.165) is 48.0 Å². The van der Waals surface area contributed by atoms with Gasteiger partial charge in [0.1, 0.15) is 5.75 Å². The van der Waals surface area contributed by atoms with Crippen LogP contribution in [0.4, 0.5) is 0 Å². The fraction of sp³-hybridized carbons (Fsp3) is 0.480. The van der Waals surface area contributed by atoms with E-state index < -0.39 is 0 Å². The summed E-state index contributed by atoms with van der Waals surface area (Å²) in [7, 11) is 3.55. The van der Waals surface area contributed by atoms with Gasteiger partial charge in [-0.1, -0.05) is 36.4 Å². The molecule has 5 nitrogen and oxygen atoms in total. The minimum Gasteiger partial charge on any atom is -0.493 e. The number of methoxy groups -OCH3 is 1. The average molecular weight is 408 g/mol. The molecule has 0 amide bonds. The minimum absolute atomic E-state index is 0.656. The molecule has 0 spiro atoms. The van der Waals surface area contributed by atoms with E-state index in [2.05, 4.69) is 65.0 Å². The number of guanidine groups is 1. The van der Waals surface area contributed by atoms with E-state index in [1.807, 2.05) is 7.05 Å². The molecule has 0 aromatic heterocycles. The molecule has 0 saturated heterocycles. The second-order valence-corrected chi connectivity index (χ2v) is 8.37. The maximum Gasteiger partial charge on any atom is 0.191 e. The molecule has 160 valence electrons. The number of hydrogen-bond acceptors (Lipinski definition) is 3. The van der Waals surface area contributed by atoms with Gasteiger partial charge in [-0.3, -0.25) is 4.99 Å². The van der Waals surface area contributed by atoms with Gasteiger partial charge in [-0.2, -0.15) is 0 Å². The SMILES string of the molecule is CN=C(NCc1ccc(C)cc1OCCCOC)NCC1C2Cc3ccccc3C12.